The fourth-order valence-corrected chi connectivity index (χ4v) is 3.37. The third-order valence-corrected chi connectivity index (χ3v) is 4.14. The second-order valence-corrected chi connectivity index (χ2v) is 5.73. The van der Waals surface area contributed by atoms with Crippen molar-refractivity contribution in [2.45, 2.75) is 25.3 Å². The lowest BCUT2D eigenvalue weighted by Gasteiger charge is -2.38. The second kappa shape index (κ2) is 6.61. The lowest BCUT2D eigenvalue weighted by Crippen LogP contribution is -2.45. The lowest BCUT2D eigenvalue weighted by molar-refractivity contribution is -0.384. The number of benzene rings is 1. The SMILES string of the molecule is CNCC1CCCCN1c1c(Cl)cc([N+](=O)[O-])cc1Cl. The monoisotopic (exact) mass is 317 g/mol. The molecule has 1 unspecified atom stereocenters. The van der Waals surface area contributed by atoms with Crippen LogP contribution < -0.4 is 10.2 Å². The van der Waals surface area contributed by atoms with Gasteiger partial charge in [0, 0.05) is 31.3 Å². The van der Waals surface area contributed by atoms with Gasteiger partial charge in [-0.2, -0.15) is 0 Å². The molecule has 5 nitrogen and oxygen atoms in total. The molecule has 1 atom stereocenters. The first-order valence-electron chi connectivity index (χ1n) is 6.59. The Bertz CT molecular complexity index is 485. The second-order valence-electron chi connectivity index (χ2n) is 4.92. The first kappa shape index (κ1) is 15.4. The van der Waals surface area contributed by atoms with Crippen LogP contribution in [0.2, 0.25) is 10.0 Å². The van der Waals surface area contributed by atoms with Gasteiger partial charge in [-0.15, -0.1) is 0 Å². The van der Waals surface area contributed by atoms with Gasteiger partial charge >= 0.3 is 0 Å². The van der Waals surface area contributed by atoms with E-state index in [1.807, 2.05) is 7.05 Å². The largest absolute Gasteiger partial charge is 0.365 e. The molecule has 0 amide bonds. The summed E-state index contributed by atoms with van der Waals surface area (Å²) in [5.74, 6) is 0. The zero-order valence-corrected chi connectivity index (χ0v) is 12.7. The molecule has 0 spiro atoms. The van der Waals surface area contributed by atoms with Gasteiger partial charge in [-0.3, -0.25) is 10.1 Å². The van der Waals surface area contributed by atoms with E-state index in [1.165, 1.54) is 18.6 Å². The van der Waals surface area contributed by atoms with E-state index in [9.17, 15) is 10.1 Å². The molecule has 1 saturated heterocycles. The van der Waals surface area contributed by atoms with E-state index >= 15 is 0 Å². The molecule has 1 N–H and O–H groups in total. The summed E-state index contributed by atoms with van der Waals surface area (Å²) in [5.41, 5.74) is 0.629. The highest BCUT2D eigenvalue weighted by molar-refractivity contribution is 6.39. The number of piperidine rings is 1. The summed E-state index contributed by atoms with van der Waals surface area (Å²) < 4.78 is 0. The van der Waals surface area contributed by atoms with Gasteiger partial charge in [0.2, 0.25) is 0 Å². The maximum Gasteiger partial charge on any atom is 0.272 e. The summed E-state index contributed by atoms with van der Waals surface area (Å²) in [7, 11) is 1.91. The van der Waals surface area contributed by atoms with Crippen LogP contribution >= 0.6 is 23.2 Å². The van der Waals surface area contributed by atoms with Crippen molar-refractivity contribution in [3.63, 3.8) is 0 Å². The average molecular weight is 318 g/mol. The quantitative estimate of drug-likeness (QED) is 0.682. The number of halogens is 2. The summed E-state index contributed by atoms with van der Waals surface area (Å²) in [6.45, 7) is 1.70. The number of anilines is 1. The molecule has 1 fully saturated rings. The van der Waals surface area contributed by atoms with Gasteiger partial charge in [-0.05, 0) is 26.3 Å². The first-order chi connectivity index (χ1) is 9.54. The normalized spacial score (nSPS) is 19.1. The summed E-state index contributed by atoms with van der Waals surface area (Å²) in [6.07, 6.45) is 3.30. The third-order valence-electron chi connectivity index (χ3n) is 3.57. The van der Waals surface area contributed by atoms with Crippen molar-refractivity contribution in [1.29, 1.82) is 0 Å². The van der Waals surface area contributed by atoms with Crippen molar-refractivity contribution >= 4 is 34.6 Å². The predicted molar refractivity (Wildman–Crippen MR) is 82.0 cm³/mol. The van der Waals surface area contributed by atoms with Gasteiger partial charge in [0.05, 0.1) is 20.7 Å². The summed E-state index contributed by atoms with van der Waals surface area (Å²) in [6, 6.07) is 3.05. The zero-order chi connectivity index (χ0) is 14.7. The van der Waals surface area contributed by atoms with Crippen LogP contribution in [-0.4, -0.2) is 31.1 Å². The van der Waals surface area contributed by atoms with Gasteiger partial charge in [-0.25, -0.2) is 0 Å². The molecule has 1 aliphatic heterocycles. The van der Waals surface area contributed by atoms with Crippen molar-refractivity contribution in [1.82, 2.24) is 5.32 Å². The number of nitro groups is 1. The average Bonchev–Trinajstić information content (AvgIpc) is 2.40. The van der Waals surface area contributed by atoms with Crippen molar-refractivity contribution in [2.24, 2.45) is 0 Å². The van der Waals surface area contributed by atoms with E-state index in [-0.39, 0.29) is 5.69 Å². The number of hydrogen-bond donors (Lipinski definition) is 1. The molecule has 1 aromatic carbocycles. The van der Waals surface area contributed by atoms with Crippen LogP contribution in [0.5, 0.6) is 0 Å². The molecule has 0 bridgehead atoms. The number of nitrogens with one attached hydrogen (secondary N) is 1. The van der Waals surface area contributed by atoms with Crippen molar-refractivity contribution < 1.29 is 4.92 Å². The number of non-ortho nitro benzene ring substituents is 1. The maximum atomic E-state index is 10.8. The molecule has 1 aliphatic rings. The molecule has 0 aliphatic carbocycles. The first-order valence-corrected chi connectivity index (χ1v) is 7.35. The van der Waals surface area contributed by atoms with Crippen LogP contribution in [0.25, 0.3) is 0 Å². The summed E-state index contributed by atoms with van der Waals surface area (Å²) in [4.78, 5) is 12.5. The molecular formula is C13H17Cl2N3O2. The highest BCUT2D eigenvalue weighted by Gasteiger charge is 2.27. The number of likely N-dealkylation sites (N-methyl/N-ethyl adjacent to an activating group) is 1. The van der Waals surface area contributed by atoms with E-state index in [2.05, 4.69) is 10.2 Å². The number of rotatable bonds is 4. The highest BCUT2D eigenvalue weighted by atomic mass is 35.5. The number of nitro benzene ring substituents is 1. The topological polar surface area (TPSA) is 58.4 Å². The Morgan fingerprint density at radius 1 is 1.40 bits per heavy atom. The fraction of sp³-hybridized carbons (Fsp3) is 0.538. The summed E-state index contributed by atoms with van der Waals surface area (Å²) >= 11 is 12.5. The Morgan fingerprint density at radius 3 is 2.60 bits per heavy atom. The van der Waals surface area contributed by atoms with E-state index in [4.69, 9.17) is 23.2 Å². The number of hydrogen-bond acceptors (Lipinski definition) is 4. The van der Waals surface area contributed by atoms with Crippen molar-refractivity contribution in [2.75, 3.05) is 25.0 Å². The van der Waals surface area contributed by atoms with Gasteiger partial charge in [-0.1, -0.05) is 23.2 Å². The molecular weight excluding hydrogens is 301 g/mol. The van der Waals surface area contributed by atoms with Crippen LogP contribution in [0.15, 0.2) is 12.1 Å². The fourth-order valence-electron chi connectivity index (χ4n) is 2.67. The molecule has 1 heterocycles. The van der Waals surface area contributed by atoms with Crippen LogP contribution in [0, 0.1) is 10.1 Å². The maximum absolute atomic E-state index is 10.8. The van der Waals surface area contributed by atoms with Crippen molar-refractivity contribution in [3.8, 4) is 0 Å². The Balaban J connectivity index is 2.37. The highest BCUT2D eigenvalue weighted by Crippen LogP contribution is 2.39. The molecule has 1 aromatic rings. The minimum atomic E-state index is -0.483. The zero-order valence-electron chi connectivity index (χ0n) is 11.2. The van der Waals surface area contributed by atoms with Crippen LogP contribution in [0.4, 0.5) is 11.4 Å². The van der Waals surface area contributed by atoms with E-state index in [0.29, 0.717) is 21.8 Å². The van der Waals surface area contributed by atoms with Crippen LogP contribution in [0.1, 0.15) is 19.3 Å². The van der Waals surface area contributed by atoms with Crippen LogP contribution in [0.3, 0.4) is 0 Å². The summed E-state index contributed by atoms with van der Waals surface area (Å²) in [5, 5.41) is 14.7. The predicted octanol–water partition coefficient (Wildman–Crippen LogP) is 3.48. The van der Waals surface area contributed by atoms with E-state index in [0.717, 1.165) is 25.9 Å². The standard InChI is InChI=1S/C13H17Cl2N3O2/c1-16-8-9-4-2-3-5-17(9)13-11(14)6-10(18(19)20)7-12(13)15/h6-7,9,16H,2-5,8H2,1H3. The minimum absolute atomic E-state index is 0.0778. The number of nitrogens with zero attached hydrogens (tertiary/aromatic N) is 2. The third kappa shape index (κ3) is 3.16. The molecule has 110 valence electrons. The van der Waals surface area contributed by atoms with Gasteiger partial charge < -0.3 is 10.2 Å². The molecule has 0 aromatic heterocycles. The Labute approximate surface area is 128 Å². The smallest absolute Gasteiger partial charge is 0.272 e. The molecule has 0 saturated carbocycles. The molecule has 20 heavy (non-hydrogen) atoms. The molecule has 2 rings (SSSR count). The van der Waals surface area contributed by atoms with E-state index in [1.54, 1.807) is 0 Å². The van der Waals surface area contributed by atoms with Crippen LogP contribution in [-0.2, 0) is 0 Å². The molecule has 0 radical (unpaired) electrons. The minimum Gasteiger partial charge on any atom is -0.365 e. The molecule has 7 heteroatoms. The van der Waals surface area contributed by atoms with Gasteiger partial charge in [0.25, 0.3) is 5.69 Å². The Kier molecular flexibility index (Phi) is 5.07. The Hall–Kier alpha value is -1.04. The van der Waals surface area contributed by atoms with E-state index < -0.39 is 4.92 Å². The van der Waals surface area contributed by atoms with Gasteiger partial charge in [0.1, 0.15) is 0 Å². The van der Waals surface area contributed by atoms with Gasteiger partial charge in [0.15, 0.2) is 0 Å². The lowest BCUT2D eigenvalue weighted by atomic mass is 10.0. The van der Waals surface area contributed by atoms with Crippen molar-refractivity contribution in [3.05, 3.63) is 32.3 Å². The Morgan fingerprint density at radius 2 is 2.05 bits per heavy atom.